The molecule has 0 aromatic carbocycles. The van der Waals surface area contributed by atoms with Crippen molar-refractivity contribution in [2.75, 3.05) is 0 Å². The van der Waals surface area contributed by atoms with Gasteiger partial charge in [0.15, 0.2) is 0 Å². The Bertz CT molecular complexity index is 847. The maximum absolute atomic E-state index is 12.3. The van der Waals surface area contributed by atoms with Crippen molar-refractivity contribution in [3.8, 4) is 0 Å². The van der Waals surface area contributed by atoms with Crippen molar-refractivity contribution in [3.63, 3.8) is 0 Å². The topological polar surface area (TPSA) is 66.8 Å². The summed E-state index contributed by atoms with van der Waals surface area (Å²) in [6.45, 7) is 15.3. The van der Waals surface area contributed by atoms with Gasteiger partial charge in [0.2, 0.25) is 0 Å². The van der Waals surface area contributed by atoms with Gasteiger partial charge in [0.1, 0.15) is 6.10 Å². The number of carbonyl (C=O) groups excluding carboxylic acids is 1. The second kappa shape index (κ2) is 8.76. The molecule has 0 bridgehead atoms. The Morgan fingerprint density at radius 1 is 0.971 bits per heavy atom. The van der Waals surface area contributed by atoms with Gasteiger partial charge in [0.25, 0.3) is 0 Å². The maximum atomic E-state index is 12.3. The standard InChI is InChI=1S/C30H48O4/c1-19(2)20(3)8-9-21(4)24-10-11-25-27(24,6)14-13-26-28(7)15-12-23(34-22(5)31)18-29(28,32)16-17-30(25,26)33/h8-9,16-17,19-21,23-26,32-33H,10-15,18H2,1-7H3. The number of hydrogen-bond donors (Lipinski definition) is 2. The molecule has 0 aliphatic heterocycles. The fourth-order valence-electron chi connectivity index (χ4n) is 8.64. The number of carbonyl (C=O) groups is 1. The van der Waals surface area contributed by atoms with E-state index in [1.807, 2.05) is 12.2 Å². The fraction of sp³-hybridized carbons (Fsp3) is 0.833. The van der Waals surface area contributed by atoms with E-state index in [2.05, 4.69) is 53.7 Å². The van der Waals surface area contributed by atoms with Crippen LogP contribution >= 0.6 is 0 Å². The third-order valence-corrected chi connectivity index (χ3v) is 11.1. The highest BCUT2D eigenvalue weighted by molar-refractivity contribution is 5.66. The molecule has 192 valence electrons. The summed E-state index contributed by atoms with van der Waals surface area (Å²) < 4.78 is 5.49. The molecule has 3 saturated carbocycles. The van der Waals surface area contributed by atoms with E-state index in [1.54, 1.807) is 0 Å². The van der Waals surface area contributed by atoms with E-state index in [4.69, 9.17) is 4.74 Å². The summed E-state index contributed by atoms with van der Waals surface area (Å²) in [5.41, 5.74) is -2.24. The van der Waals surface area contributed by atoms with Crippen molar-refractivity contribution in [1.29, 1.82) is 0 Å². The molecular weight excluding hydrogens is 424 g/mol. The lowest BCUT2D eigenvalue weighted by Gasteiger charge is -2.64. The molecule has 2 N–H and O–H groups in total. The number of allylic oxidation sites excluding steroid dienone is 2. The number of ether oxygens (including phenoxy) is 1. The van der Waals surface area contributed by atoms with Crippen molar-refractivity contribution in [2.45, 2.75) is 111 Å². The third kappa shape index (κ3) is 3.92. The monoisotopic (exact) mass is 472 g/mol. The van der Waals surface area contributed by atoms with Gasteiger partial charge < -0.3 is 14.9 Å². The molecule has 0 radical (unpaired) electrons. The van der Waals surface area contributed by atoms with Gasteiger partial charge in [-0.2, -0.15) is 0 Å². The summed E-state index contributed by atoms with van der Waals surface area (Å²) in [4.78, 5) is 11.5. The number of aliphatic hydroxyl groups is 2. The van der Waals surface area contributed by atoms with Gasteiger partial charge >= 0.3 is 5.97 Å². The first-order valence-corrected chi connectivity index (χ1v) is 13.8. The second-order valence-electron chi connectivity index (χ2n) is 13.2. The normalized spacial score (nSPS) is 47.7. The smallest absolute Gasteiger partial charge is 0.302 e. The molecule has 0 aromatic rings. The molecule has 4 nitrogen and oxygen atoms in total. The van der Waals surface area contributed by atoms with Crippen LogP contribution in [0.15, 0.2) is 24.3 Å². The number of fused-ring (bicyclic) bond motifs is 5. The zero-order valence-corrected chi connectivity index (χ0v) is 22.5. The SMILES string of the molecule is CC(=O)OC1CCC2(C)C3CCC4(C)C(C(C)C=CC(C)C(C)C)CCC4C3(O)C=CC2(O)C1. The van der Waals surface area contributed by atoms with Crippen LogP contribution in [0.25, 0.3) is 0 Å². The van der Waals surface area contributed by atoms with Crippen LogP contribution in [0.3, 0.4) is 0 Å². The van der Waals surface area contributed by atoms with Crippen molar-refractivity contribution in [3.05, 3.63) is 24.3 Å². The molecule has 10 atom stereocenters. The molecule has 4 aliphatic carbocycles. The van der Waals surface area contributed by atoms with Gasteiger partial charge in [-0.3, -0.25) is 4.79 Å². The molecule has 0 saturated heterocycles. The number of hydrogen-bond acceptors (Lipinski definition) is 4. The van der Waals surface area contributed by atoms with Crippen molar-refractivity contribution in [2.24, 2.45) is 46.3 Å². The highest BCUT2D eigenvalue weighted by Gasteiger charge is 2.68. The van der Waals surface area contributed by atoms with Gasteiger partial charge in [-0.05, 0) is 73.5 Å². The average Bonchev–Trinajstić information content (AvgIpc) is 3.11. The minimum atomic E-state index is -1.04. The highest BCUT2D eigenvalue weighted by Crippen LogP contribution is 2.69. The first-order chi connectivity index (χ1) is 15.8. The predicted octanol–water partition coefficient (Wildman–Crippen LogP) is 6.07. The third-order valence-electron chi connectivity index (χ3n) is 11.1. The van der Waals surface area contributed by atoms with Crippen molar-refractivity contribution < 1.29 is 19.7 Å². The Morgan fingerprint density at radius 3 is 2.32 bits per heavy atom. The van der Waals surface area contributed by atoms with Crippen LogP contribution in [0, 0.1) is 46.3 Å². The van der Waals surface area contributed by atoms with E-state index in [0.29, 0.717) is 30.1 Å². The Morgan fingerprint density at radius 2 is 1.68 bits per heavy atom. The molecule has 0 aromatic heterocycles. The van der Waals surface area contributed by atoms with Crippen LogP contribution in [-0.2, 0) is 9.53 Å². The Labute approximate surface area is 207 Å². The quantitative estimate of drug-likeness (QED) is 0.377. The van der Waals surface area contributed by atoms with Gasteiger partial charge in [-0.25, -0.2) is 0 Å². The van der Waals surface area contributed by atoms with Crippen LogP contribution in [0.1, 0.15) is 93.4 Å². The van der Waals surface area contributed by atoms with Crippen molar-refractivity contribution in [1.82, 2.24) is 0 Å². The summed E-state index contributed by atoms with van der Waals surface area (Å²) >= 11 is 0. The Kier molecular flexibility index (Phi) is 6.69. The van der Waals surface area contributed by atoms with Crippen molar-refractivity contribution >= 4 is 5.97 Å². The minimum absolute atomic E-state index is 0.0249. The summed E-state index contributed by atoms with van der Waals surface area (Å²) in [5, 5.41) is 24.1. The molecule has 4 aliphatic rings. The zero-order chi connectivity index (χ0) is 25.1. The molecular formula is C30H48O4. The molecule has 0 heterocycles. The summed E-state index contributed by atoms with van der Waals surface area (Å²) in [6.07, 6.45) is 14.6. The minimum Gasteiger partial charge on any atom is -0.462 e. The zero-order valence-electron chi connectivity index (χ0n) is 22.5. The first kappa shape index (κ1) is 25.9. The van der Waals surface area contributed by atoms with Gasteiger partial charge in [-0.15, -0.1) is 0 Å². The van der Waals surface area contributed by atoms with Crippen LogP contribution in [-0.4, -0.2) is 33.5 Å². The lowest BCUT2D eigenvalue weighted by atomic mass is 9.43. The molecule has 10 unspecified atom stereocenters. The molecule has 4 heteroatoms. The van der Waals surface area contributed by atoms with E-state index in [1.165, 1.54) is 6.92 Å². The molecule has 34 heavy (non-hydrogen) atoms. The summed E-state index contributed by atoms with van der Waals surface area (Å²) in [7, 11) is 0. The first-order valence-electron chi connectivity index (χ1n) is 13.8. The fourth-order valence-corrected chi connectivity index (χ4v) is 8.64. The number of esters is 1. The van der Waals surface area contributed by atoms with E-state index in [9.17, 15) is 15.0 Å². The largest absolute Gasteiger partial charge is 0.462 e. The molecule has 0 amide bonds. The molecule has 0 spiro atoms. The lowest BCUT2D eigenvalue weighted by Crippen LogP contribution is -2.67. The Balaban J connectivity index is 1.60. The van der Waals surface area contributed by atoms with Crippen LogP contribution in [0.5, 0.6) is 0 Å². The molecule has 3 fully saturated rings. The molecule has 4 rings (SSSR count). The van der Waals surface area contributed by atoms with E-state index in [0.717, 1.165) is 38.5 Å². The maximum Gasteiger partial charge on any atom is 0.302 e. The van der Waals surface area contributed by atoms with Crippen LogP contribution in [0.4, 0.5) is 0 Å². The van der Waals surface area contributed by atoms with Gasteiger partial charge in [0, 0.05) is 24.7 Å². The summed E-state index contributed by atoms with van der Waals surface area (Å²) in [5.74, 6) is 2.24. The predicted molar refractivity (Wildman–Crippen MR) is 136 cm³/mol. The second-order valence-corrected chi connectivity index (χ2v) is 13.2. The van der Waals surface area contributed by atoms with E-state index >= 15 is 0 Å². The Hall–Kier alpha value is -1.13. The van der Waals surface area contributed by atoms with Crippen LogP contribution < -0.4 is 0 Å². The van der Waals surface area contributed by atoms with Gasteiger partial charge in [0.05, 0.1) is 11.2 Å². The highest BCUT2D eigenvalue weighted by atomic mass is 16.5. The van der Waals surface area contributed by atoms with Gasteiger partial charge in [-0.1, -0.05) is 65.8 Å². The summed E-state index contributed by atoms with van der Waals surface area (Å²) in [6, 6.07) is 0. The number of rotatable bonds is 5. The lowest BCUT2D eigenvalue weighted by molar-refractivity contribution is -0.223. The van der Waals surface area contributed by atoms with E-state index < -0.39 is 16.6 Å². The van der Waals surface area contributed by atoms with E-state index in [-0.39, 0.29) is 29.3 Å². The van der Waals surface area contributed by atoms with Crippen LogP contribution in [0.2, 0.25) is 0 Å². The average molecular weight is 473 g/mol.